The quantitative estimate of drug-likeness (QED) is 0.0195. The number of nitrogens with zero attached hydrogens (tertiary/aromatic N) is 14. The molecule has 8 aromatic rings. The molecule has 0 amide bonds. The molecule has 0 heterocycles. The Hall–Kier alpha value is -8.75. The van der Waals surface area contributed by atoms with E-state index in [1.165, 1.54) is 0 Å². The number of para-hydroxylation sites is 8. The van der Waals surface area contributed by atoms with Crippen molar-refractivity contribution in [3.8, 4) is 46.0 Å². The zero-order chi connectivity index (χ0) is 82.9. The van der Waals surface area contributed by atoms with Gasteiger partial charge in [-0.25, -0.2) is 0 Å². The Morgan fingerprint density at radius 3 is 0.385 bits per heavy atom. The Morgan fingerprint density at radius 2 is 0.262 bits per heavy atom. The monoisotopic (exact) mass is 1830 g/mol. The molecule has 0 radical (unpaired) electrons. The normalized spacial score (nSPS) is 12.0. The molecule has 0 spiro atoms. The summed E-state index contributed by atoms with van der Waals surface area (Å²) in [6.45, 7) is 20.2. The van der Waals surface area contributed by atoms with E-state index >= 15 is 0 Å². The van der Waals surface area contributed by atoms with Gasteiger partial charge in [-0.2, -0.15) is 0 Å². The van der Waals surface area contributed by atoms with Crippen molar-refractivity contribution in [3.63, 3.8) is 0 Å². The van der Waals surface area contributed by atoms with Gasteiger partial charge in [-0.3, -0.25) is 39.9 Å². The van der Waals surface area contributed by atoms with E-state index in [-0.39, 0.29) is 112 Å². The second-order valence-corrected chi connectivity index (χ2v) is 29.6. The average Bonchev–Trinajstić information content (AvgIpc) is 0.933. The van der Waals surface area contributed by atoms with E-state index in [4.69, 9.17) is 0 Å². The van der Waals surface area contributed by atoms with E-state index in [0.717, 1.165) is 208 Å². The van der Waals surface area contributed by atoms with Crippen molar-refractivity contribution in [1.82, 2.24) is 29.4 Å². The summed E-state index contributed by atoms with van der Waals surface area (Å²) in [5.41, 5.74) is 4.64. The standard InChI is InChI=1S/C96H128N14O8.4Ni/c111-89-39-9-1-31-81(89)73-97-47-19-57-107(58-20-48-98-74-82-32-2-10-40-90(82)112)69-27-65-105(66-28-70-108(59-21-49-99-75-83-33-3-11-41-91(83)113)60-22-50-100-76-84-34-4-12-42-92(84)114)55-17-18-56-106(67-29-71-109(61-23-51-101-77-85-35-5-13-43-93(85)115)62-24-52-102-78-86-36-6-14-44-94(86)116)68-30-72-110(63-25-53-103-79-87-37-7-15-45-95(87)117)64-26-54-104-80-88-38-8-16-46-96(88)118;;;;/h1-16,31-46,73-80,111-118H,17-30,47-72H2;;;;/q;4*+2/p-8. The third-order valence-corrected chi connectivity index (χ3v) is 20.3. The van der Waals surface area contributed by atoms with E-state index in [1.807, 2.05) is 48.5 Å². The molecule has 0 unspecified atom stereocenters. The topological polar surface area (TPSA) is 303 Å². The van der Waals surface area contributed by atoms with Gasteiger partial charge in [0.2, 0.25) is 0 Å². The Kier molecular flexibility index (Phi) is 57.0. The van der Waals surface area contributed by atoms with Gasteiger partial charge >= 0.3 is 66.0 Å². The molecule has 0 aliphatic carbocycles. The van der Waals surface area contributed by atoms with E-state index in [9.17, 15) is 40.9 Å². The Morgan fingerprint density at radius 1 is 0.156 bits per heavy atom. The minimum Gasteiger partial charge on any atom is -0.872 e. The van der Waals surface area contributed by atoms with Gasteiger partial charge in [0, 0.05) is 102 Å². The molecule has 122 heavy (non-hydrogen) atoms. The summed E-state index contributed by atoms with van der Waals surface area (Å²) in [4.78, 5) is 52.7. The Bertz CT molecular complexity index is 3580. The first-order valence-corrected chi connectivity index (χ1v) is 42.3. The largest absolute Gasteiger partial charge is 2.00 e. The molecule has 0 aromatic heterocycles. The first-order chi connectivity index (χ1) is 57.9. The minimum atomic E-state index is -0.0472. The summed E-state index contributed by atoms with van der Waals surface area (Å²) in [7, 11) is 0. The molecule has 22 nitrogen and oxygen atoms in total. The molecular formula is C96H120N14Ni4O8. The van der Waals surface area contributed by atoms with Gasteiger partial charge in [0.05, 0.1) is 0 Å². The Balaban J connectivity index is 0.00000781. The van der Waals surface area contributed by atoms with Gasteiger partial charge in [0.1, 0.15) is 0 Å². The van der Waals surface area contributed by atoms with Crippen molar-refractivity contribution in [2.45, 2.75) is 89.9 Å². The van der Waals surface area contributed by atoms with Crippen LogP contribution in [0.15, 0.2) is 234 Å². The number of hydrogen-bond acceptors (Lipinski definition) is 22. The van der Waals surface area contributed by atoms with Crippen LogP contribution in [0.1, 0.15) is 134 Å². The molecule has 0 N–H and O–H groups in total. The molecule has 26 heteroatoms. The van der Waals surface area contributed by atoms with Gasteiger partial charge in [-0.15, -0.1) is 46.0 Å². The fraction of sp³-hybridized carbons (Fsp3) is 0.417. The summed E-state index contributed by atoms with van der Waals surface area (Å²) >= 11 is 0. The SMILES string of the molecule is [Ni+2].[Ni+2].[Ni+2].[Ni+2].[O-]c1ccccc1C=NCCCN(CCCN=Cc1ccccc1[O-])CCCN(CCCCN(CCCN(CCCN=Cc1ccccc1[O-])CCCN=Cc1ccccc1[O-])CCCN(CCCN=Cc1ccccc1[O-])CCCN=Cc1ccccc1[O-])CCCN(CCCN=Cc1ccccc1[O-])CCCN=Cc1ccccc1[O-]. The van der Waals surface area contributed by atoms with E-state index < -0.39 is 0 Å². The summed E-state index contributed by atoms with van der Waals surface area (Å²) in [5.74, 6) is -0.378. The molecule has 0 saturated carbocycles. The summed E-state index contributed by atoms with van der Waals surface area (Å²) in [6, 6.07) is 55.6. The third-order valence-electron chi connectivity index (χ3n) is 20.3. The van der Waals surface area contributed by atoms with Crippen LogP contribution in [-0.4, -0.2) is 249 Å². The van der Waals surface area contributed by atoms with Crippen molar-refractivity contribution in [1.29, 1.82) is 0 Å². The second-order valence-electron chi connectivity index (χ2n) is 29.6. The van der Waals surface area contributed by atoms with Crippen LogP contribution in [-0.2, 0) is 66.0 Å². The fourth-order valence-corrected chi connectivity index (χ4v) is 13.8. The molecule has 0 atom stereocenters. The van der Waals surface area contributed by atoms with Crippen molar-refractivity contribution in [2.75, 3.05) is 170 Å². The van der Waals surface area contributed by atoms with Gasteiger partial charge < -0.3 is 70.3 Å². The zero-order valence-corrected chi connectivity index (χ0v) is 74.1. The molecule has 662 valence electrons. The molecule has 8 aromatic carbocycles. The van der Waals surface area contributed by atoms with Crippen LogP contribution in [0.25, 0.3) is 0 Å². The number of hydrogen-bond donors (Lipinski definition) is 0. The fourth-order valence-electron chi connectivity index (χ4n) is 13.8. The van der Waals surface area contributed by atoms with Crippen LogP contribution in [0.3, 0.4) is 0 Å². The maximum Gasteiger partial charge on any atom is 2.00 e. The predicted octanol–water partition coefficient (Wildman–Crippen LogP) is 9.79. The molecular weight excluding hydrogens is 1710 g/mol. The van der Waals surface area contributed by atoms with Gasteiger partial charge in [0.15, 0.2) is 0 Å². The van der Waals surface area contributed by atoms with Gasteiger partial charge in [-0.1, -0.05) is 194 Å². The van der Waals surface area contributed by atoms with Gasteiger partial charge in [-0.05, 0) is 252 Å². The van der Waals surface area contributed by atoms with Crippen LogP contribution >= 0.6 is 0 Å². The predicted molar refractivity (Wildman–Crippen MR) is 470 cm³/mol. The van der Waals surface area contributed by atoms with Crippen molar-refractivity contribution in [2.24, 2.45) is 39.9 Å². The molecule has 0 fully saturated rings. The van der Waals surface area contributed by atoms with Gasteiger partial charge in [0.25, 0.3) is 0 Å². The van der Waals surface area contributed by atoms with Crippen molar-refractivity contribution >= 4 is 49.7 Å². The Labute approximate surface area is 765 Å². The maximum absolute atomic E-state index is 12.5. The zero-order valence-electron chi connectivity index (χ0n) is 70.2. The van der Waals surface area contributed by atoms with E-state index in [1.54, 1.807) is 195 Å². The number of aliphatic imine (C=N–C) groups is 8. The molecule has 0 bridgehead atoms. The van der Waals surface area contributed by atoms with Crippen LogP contribution < -0.4 is 40.9 Å². The van der Waals surface area contributed by atoms with Crippen molar-refractivity contribution < 1.29 is 107 Å². The molecule has 0 saturated heterocycles. The molecule has 0 aliphatic heterocycles. The summed E-state index contributed by atoms with van der Waals surface area (Å²) < 4.78 is 0. The third kappa shape index (κ3) is 44.5. The summed E-state index contributed by atoms with van der Waals surface area (Å²) in [5, 5.41) is 100. The van der Waals surface area contributed by atoms with Crippen LogP contribution in [0.5, 0.6) is 46.0 Å². The molecule has 8 rings (SSSR count). The number of unbranched alkanes of at least 4 members (excludes halogenated alkanes) is 1. The first-order valence-electron chi connectivity index (χ1n) is 42.3. The number of benzene rings is 8. The summed E-state index contributed by atoms with van der Waals surface area (Å²) in [6.07, 6.45) is 25.8. The minimum absolute atomic E-state index is 0. The van der Waals surface area contributed by atoms with Crippen molar-refractivity contribution in [3.05, 3.63) is 239 Å². The van der Waals surface area contributed by atoms with E-state index in [2.05, 4.69) is 69.3 Å². The maximum atomic E-state index is 12.5. The first kappa shape index (κ1) is 106. The second kappa shape index (κ2) is 65.9. The van der Waals surface area contributed by atoms with Crippen LogP contribution in [0.4, 0.5) is 0 Å². The number of rotatable bonds is 61. The smallest absolute Gasteiger partial charge is 0.872 e. The average molecular weight is 1830 g/mol. The van der Waals surface area contributed by atoms with E-state index in [0.29, 0.717) is 96.9 Å². The van der Waals surface area contributed by atoms with Crippen LogP contribution in [0.2, 0.25) is 0 Å². The van der Waals surface area contributed by atoms with Crippen LogP contribution in [0, 0.1) is 0 Å². The molecule has 0 aliphatic rings.